The number of nitrogens with one attached hydrogen (secondary N) is 1. The largest absolute Gasteiger partial charge is 0.493 e. The van der Waals surface area contributed by atoms with Crippen molar-refractivity contribution in [1.29, 1.82) is 0 Å². The van der Waals surface area contributed by atoms with Crippen LogP contribution < -0.4 is 15.0 Å². The zero-order valence-corrected chi connectivity index (χ0v) is 13.1. The van der Waals surface area contributed by atoms with Crippen LogP contribution in [0.15, 0.2) is 18.2 Å². The van der Waals surface area contributed by atoms with Crippen LogP contribution in [-0.2, 0) is 0 Å². The van der Waals surface area contributed by atoms with Crippen LogP contribution in [0.1, 0.15) is 32.3 Å². The topological polar surface area (TPSA) is 24.5 Å². The second-order valence-corrected chi connectivity index (χ2v) is 5.86. The molecule has 1 N–H and O–H groups in total. The molecule has 0 radical (unpaired) electrons. The van der Waals surface area contributed by atoms with E-state index in [-0.39, 0.29) is 0 Å². The van der Waals surface area contributed by atoms with Crippen LogP contribution in [-0.4, -0.2) is 32.8 Å². The Kier molecular flexibility index (Phi) is 5.72. The predicted octanol–water partition coefficient (Wildman–Crippen LogP) is 3.22. The number of hydrogen-bond donors (Lipinski definition) is 1. The van der Waals surface area contributed by atoms with Gasteiger partial charge in [0, 0.05) is 25.3 Å². The number of hydrogen-bond acceptors (Lipinski definition) is 3. The predicted molar refractivity (Wildman–Crippen MR) is 85.8 cm³/mol. The van der Waals surface area contributed by atoms with E-state index in [1.54, 1.807) is 0 Å². The van der Waals surface area contributed by atoms with E-state index in [2.05, 4.69) is 49.2 Å². The van der Waals surface area contributed by atoms with E-state index < -0.39 is 0 Å². The molecule has 112 valence electrons. The number of rotatable bonds is 5. The van der Waals surface area contributed by atoms with Gasteiger partial charge in [0.2, 0.25) is 0 Å². The third kappa shape index (κ3) is 4.14. The summed E-state index contributed by atoms with van der Waals surface area (Å²) in [6.07, 6.45) is 2.38. The van der Waals surface area contributed by atoms with Crippen LogP contribution in [0.25, 0.3) is 0 Å². The molecule has 2 rings (SSSR count). The van der Waals surface area contributed by atoms with Crippen LogP contribution in [0, 0.1) is 12.8 Å². The molecular weight excluding hydrogens is 248 g/mol. The molecule has 3 heteroatoms. The van der Waals surface area contributed by atoms with E-state index in [4.69, 9.17) is 4.74 Å². The Morgan fingerprint density at radius 3 is 2.90 bits per heavy atom. The Hall–Kier alpha value is -1.22. The molecule has 1 aliphatic rings. The van der Waals surface area contributed by atoms with E-state index in [0.717, 1.165) is 45.0 Å². The Bertz CT molecular complexity index is 411. The summed E-state index contributed by atoms with van der Waals surface area (Å²) in [5, 5.41) is 3.45. The maximum atomic E-state index is 5.88. The van der Waals surface area contributed by atoms with Gasteiger partial charge in [0.1, 0.15) is 5.75 Å². The Morgan fingerprint density at radius 2 is 2.15 bits per heavy atom. The van der Waals surface area contributed by atoms with Crippen molar-refractivity contribution < 1.29 is 4.74 Å². The number of benzene rings is 1. The summed E-state index contributed by atoms with van der Waals surface area (Å²) in [5.74, 6) is 1.62. The van der Waals surface area contributed by atoms with Crippen molar-refractivity contribution in [1.82, 2.24) is 5.32 Å². The second-order valence-electron chi connectivity index (χ2n) is 5.86. The van der Waals surface area contributed by atoms with Crippen LogP contribution in [0.2, 0.25) is 0 Å². The minimum atomic E-state index is 0.617. The van der Waals surface area contributed by atoms with Crippen molar-refractivity contribution in [3.8, 4) is 5.75 Å². The van der Waals surface area contributed by atoms with Gasteiger partial charge < -0.3 is 15.0 Å². The van der Waals surface area contributed by atoms with Gasteiger partial charge in [-0.05, 0) is 49.6 Å². The number of anilines is 1. The van der Waals surface area contributed by atoms with Crippen molar-refractivity contribution in [2.24, 2.45) is 5.92 Å². The number of ether oxygens (including phenoxy) is 1. The van der Waals surface area contributed by atoms with Gasteiger partial charge in [-0.3, -0.25) is 0 Å². The fourth-order valence-electron chi connectivity index (χ4n) is 2.52. The van der Waals surface area contributed by atoms with Crippen LogP contribution >= 0.6 is 0 Å². The van der Waals surface area contributed by atoms with Gasteiger partial charge in [-0.15, -0.1) is 0 Å². The van der Waals surface area contributed by atoms with Crippen LogP contribution in [0.4, 0.5) is 5.69 Å². The average molecular weight is 276 g/mol. The van der Waals surface area contributed by atoms with E-state index in [9.17, 15) is 0 Å². The van der Waals surface area contributed by atoms with Crippen molar-refractivity contribution in [2.45, 2.75) is 33.6 Å². The fourth-order valence-corrected chi connectivity index (χ4v) is 2.52. The van der Waals surface area contributed by atoms with E-state index >= 15 is 0 Å². The van der Waals surface area contributed by atoms with Crippen molar-refractivity contribution in [3.05, 3.63) is 23.8 Å². The molecule has 3 nitrogen and oxygen atoms in total. The first-order chi connectivity index (χ1) is 9.70. The highest BCUT2D eigenvalue weighted by Gasteiger charge is 2.12. The molecule has 1 aliphatic heterocycles. The van der Waals surface area contributed by atoms with Crippen molar-refractivity contribution >= 4 is 5.69 Å². The molecule has 0 saturated carbocycles. The molecule has 0 bridgehead atoms. The molecule has 0 aliphatic carbocycles. The molecule has 0 amide bonds. The van der Waals surface area contributed by atoms with Crippen molar-refractivity contribution in [2.75, 3.05) is 37.7 Å². The highest BCUT2D eigenvalue weighted by atomic mass is 16.5. The quantitative estimate of drug-likeness (QED) is 0.893. The van der Waals surface area contributed by atoms with E-state index in [0.29, 0.717) is 5.92 Å². The lowest BCUT2D eigenvalue weighted by atomic mass is 10.1. The molecule has 1 aromatic carbocycles. The SMILES string of the molecule is CCC(C)COc1ccc(N2CCCNCC2)c(C)c1. The van der Waals surface area contributed by atoms with E-state index in [1.165, 1.54) is 17.7 Å². The first-order valence-corrected chi connectivity index (χ1v) is 7.89. The molecule has 1 heterocycles. The highest BCUT2D eigenvalue weighted by molar-refractivity contribution is 5.56. The van der Waals surface area contributed by atoms with Gasteiger partial charge in [-0.1, -0.05) is 20.3 Å². The third-order valence-electron chi connectivity index (χ3n) is 4.08. The molecule has 20 heavy (non-hydrogen) atoms. The zero-order chi connectivity index (χ0) is 14.4. The standard InChI is InChI=1S/C17H28N2O/c1-4-14(2)13-20-16-6-7-17(15(3)12-16)19-10-5-8-18-9-11-19/h6-7,12,14,18H,4-5,8-11,13H2,1-3H3. The lowest BCUT2D eigenvalue weighted by Gasteiger charge is -2.24. The molecule has 1 atom stereocenters. The summed E-state index contributed by atoms with van der Waals surface area (Å²) in [7, 11) is 0. The maximum Gasteiger partial charge on any atom is 0.119 e. The molecule has 1 fully saturated rings. The molecule has 0 aromatic heterocycles. The summed E-state index contributed by atoms with van der Waals surface area (Å²) in [4.78, 5) is 2.48. The monoisotopic (exact) mass is 276 g/mol. The zero-order valence-electron chi connectivity index (χ0n) is 13.1. The third-order valence-corrected chi connectivity index (χ3v) is 4.08. The van der Waals surface area contributed by atoms with Crippen molar-refractivity contribution in [3.63, 3.8) is 0 Å². The molecule has 1 unspecified atom stereocenters. The maximum absolute atomic E-state index is 5.88. The molecular formula is C17H28N2O. The summed E-state index contributed by atoms with van der Waals surface area (Å²) >= 11 is 0. The number of aryl methyl sites for hydroxylation is 1. The average Bonchev–Trinajstić information content (AvgIpc) is 2.73. The van der Waals surface area contributed by atoms with Crippen LogP contribution in [0.5, 0.6) is 5.75 Å². The minimum absolute atomic E-state index is 0.617. The summed E-state index contributed by atoms with van der Waals surface area (Å²) in [6, 6.07) is 6.51. The Labute approximate surface area is 123 Å². The van der Waals surface area contributed by atoms with Gasteiger partial charge in [0.25, 0.3) is 0 Å². The lowest BCUT2D eigenvalue weighted by Crippen LogP contribution is -2.28. The normalized spacial score (nSPS) is 17.6. The van der Waals surface area contributed by atoms with Gasteiger partial charge in [-0.2, -0.15) is 0 Å². The molecule has 1 aromatic rings. The first-order valence-electron chi connectivity index (χ1n) is 7.89. The van der Waals surface area contributed by atoms with Gasteiger partial charge >= 0.3 is 0 Å². The van der Waals surface area contributed by atoms with Gasteiger partial charge in [0.15, 0.2) is 0 Å². The summed E-state index contributed by atoms with van der Waals surface area (Å²) < 4.78 is 5.88. The smallest absolute Gasteiger partial charge is 0.119 e. The minimum Gasteiger partial charge on any atom is -0.493 e. The molecule has 1 saturated heterocycles. The highest BCUT2D eigenvalue weighted by Crippen LogP contribution is 2.25. The number of nitrogens with zero attached hydrogens (tertiary/aromatic N) is 1. The van der Waals surface area contributed by atoms with E-state index in [1.807, 2.05) is 0 Å². The lowest BCUT2D eigenvalue weighted by molar-refractivity contribution is 0.256. The Balaban J connectivity index is 2.01. The second kappa shape index (κ2) is 7.53. The summed E-state index contributed by atoms with van der Waals surface area (Å²) in [5.41, 5.74) is 2.66. The van der Waals surface area contributed by atoms with Gasteiger partial charge in [-0.25, -0.2) is 0 Å². The van der Waals surface area contributed by atoms with Gasteiger partial charge in [0.05, 0.1) is 6.61 Å². The fraction of sp³-hybridized carbons (Fsp3) is 0.647. The molecule has 0 spiro atoms. The first kappa shape index (κ1) is 15.2. The Morgan fingerprint density at radius 1 is 1.30 bits per heavy atom. The van der Waals surface area contributed by atoms with Crippen LogP contribution in [0.3, 0.4) is 0 Å². The summed E-state index contributed by atoms with van der Waals surface area (Å²) in [6.45, 7) is 11.9.